The number of nitriles is 1. The highest BCUT2D eigenvalue weighted by Crippen LogP contribution is 2.34. The Labute approximate surface area is 174 Å². The van der Waals surface area contributed by atoms with Gasteiger partial charge in [0.1, 0.15) is 18.2 Å². The molecule has 0 radical (unpaired) electrons. The molecule has 0 aliphatic rings. The van der Waals surface area contributed by atoms with Crippen molar-refractivity contribution >= 4 is 11.6 Å². The average molecular weight is 397 g/mol. The molecular weight excluding hydrogens is 380 g/mol. The van der Waals surface area contributed by atoms with Gasteiger partial charge in [-0.25, -0.2) is 4.98 Å². The zero-order valence-corrected chi connectivity index (χ0v) is 16.3. The van der Waals surface area contributed by atoms with Crippen LogP contribution in [0.1, 0.15) is 11.1 Å². The fourth-order valence-corrected chi connectivity index (χ4v) is 3.20. The normalized spacial score (nSPS) is 10.3. The molecule has 0 fully saturated rings. The summed E-state index contributed by atoms with van der Waals surface area (Å²) in [5.74, 6) is 0.322. The number of rotatable bonds is 5. The second kappa shape index (κ2) is 8.60. The molecule has 3 aromatic carbocycles. The van der Waals surface area contributed by atoms with Gasteiger partial charge in [0.25, 0.3) is 0 Å². The van der Waals surface area contributed by atoms with E-state index in [9.17, 15) is 5.26 Å². The summed E-state index contributed by atoms with van der Waals surface area (Å²) in [6.45, 7) is 0.334. The average Bonchev–Trinajstić information content (AvgIpc) is 2.79. The van der Waals surface area contributed by atoms with Gasteiger partial charge in [-0.15, -0.1) is 0 Å². The van der Waals surface area contributed by atoms with Gasteiger partial charge < -0.3 is 4.74 Å². The monoisotopic (exact) mass is 396 g/mol. The Hall–Kier alpha value is -3.61. The van der Waals surface area contributed by atoms with Crippen molar-refractivity contribution < 1.29 is 4.74 Å². The van der Waals surface area contributed by atoms with Gasteiger partial charge in [-0.2, -0.15) is 5.26 Å². The molecule has 0 saturated heterocycles. The van der Waals surface area contributed by atoms with Crippen molar-refractivity contribution in [3.63, 3.8) is 0 Å². The third-order valence-corrected chi connectivity index (χ3v) is 4.79. The third kappa shape index (κ3) is 4.29. The van der Waals surface area contributed by atoms with Crippen LogP contribution in [0.15, 0.2) is 91.0 Å². The van der Waals surface area contributed by atoms with Crippen LogP contribution in [0.4, 0.5) is 0 Å². The van der Waals surface area contributed by atoms with E-state index < -0.39 is 0 Å². The van der Waals surface area contributed by atoms with Crippen molar-refractivity contribution in [3.05, 3.63) is 107 Å². The largest absolute Gasteiger partial charge is 0.472 e. The first-order valence-corrected chi connectivity index (χ1v) is 9.55. The number of hydrogen-bond acceptors (Lipinski definition) is 3. The standard InChI is InChI=1S/C25H17ClN2O/c26-21-13-11-19(12-14-21)22-15-24(20-9-5-2-6-10-20)28-25(23(22)16-27)29-17-18-7-3-1-4-8-18/h1-15H,17H2. The summed E-state index contributed by atoms with van der Waals surface area (Å²) in [6.07, 6.45) is 0. The Morgan fingerprint density at radius 1 is 0.828 bits per heavy atom. The summed E-state index contributed by atoms with van der Waals surface area (Å²) < 4.78 is 6.00. The summed E-state index contributed by atoms with van der Waals surface area (Å²) in [5, 5.41) is 10.5. The molecule has 3 nitrogen and oxygen atoms in total. The summed E-state index contributed by atoms with van der Waals surface area (Å²) in [7, 11) is 0. The lowest BCUT2D eigenvalue weighted by molar-refractivity contribution is 0.293. The molecule has 1 heterocycles. The minimum Gasteiger partial charge on any atom is -0.472 e. The third-order valence-electron chi connectivity index (χ3n) is 4.54. The molecule has 0 aliphatic heterocycles. The van der Waals surface area contributed by atoms with Gasteiger partial charge in [0.2, 0.25) is 5.88 Å². The van der Waals surface area contributed by atoms with E-state index in [0.29, 0.717) is 23.1 Å². The summed E-state index contributed by atoms with van der Waals surface area (Å²) in [5.41, 5.74) is 4.77. The topological polar surface area (TPSA) is 45.9 Å². The SMILES string of the molecule is N#Cc1c(-c2ccc(Cl)cc2)cc(-c2ccccc2)nc1OCc1ccccc1. The van der Waals surface area contributed by atoms with Gasteiger partial charge in [0, 0.05) is 16.1 Å². The molecule has 0 spiro atoms. The smallest absolute Gasteiger partial charge is 0.233 e. The van der Waals surface area contributed by atoms with Crippen LogP contribution in [0.2, 0.25) is 5.02 Å². The number of aromatic nitrogens is 1. The van der Waals surface area contributed by atoms with Crippen LogP contribution in [-0.2, 0) is 6.61 Å². The van der Waals surface area contributed by atoms with Gasteiger partial charge in [-0.3, -0.25) is 0 Å². The molecule has 0 saturated carbocycles. The van der Waals surface area contributed by atoms with Gasteiger partial charge in [0.05, 0.1) is 5.69 Å². The fourth-order valence-electron chi connectivity index (χ4n) is 3.07. The Kier molecular flexibility index (Phi) is 5.56. The first kappa shape index (κ1) is 18.7. The van der Waals surface area contributed by atoms with E-state index in [1.54, 1.807) is 0 Å². The summed E-state index contributed by atoms with van der Waals surface area (Å²) >= 11 is 6.05. The van der Waals surface area contributed by atoms with E-state index in [0.717, 1.165) is 27.9 Å². The lowest BCUT2D eigenvalue weighted by Crippen LogP contribution is -2.02. The van der Waals surface area contributed by atoms with Gasteiger partial charge >= 0.3 is 0 Å². The minimum atomic E-state index is 0.322. The molecule has 140 valence electrons. The number of pyridine rings is 1. The van der Waals surface area contributed by atoms with Crippen LogP contribution in [-0.4, -0.2) is 4.98 Å². The van der Waals surface area contributed by atoms with Crippen molar-refractivity contribution in [2.75, 3.05) is 0 Å². The second-order valence-corrected chi connectivity index (χ2v) is 6.93. The minimum absolute atomic E-state index is 0.322. The van der Waals surface area contributed by atoms with Crippen LogP contribution in [0.5, 0.6) is 5.88 Å². The van der Waals surface area contributed by atoms with E-state index in [4.69, 9.17) is 16.3 Å². The lowest BCUT2D eigenvalue weighted by atomic mass is 9.99. The number of halogens is 1. The molecule has 1 aromatic heterocycles. The molecule has 0 unspecified atom stereocenters. The van der Waals surface area contributed by atoms with E-state index in [2.05, 4.69) is 11.1 Å². The second-order valence-electron chi connectivity index (χ2n) is 6.49. The quantitative estimate of drug-likeness (QED) is 0.385. The zero-order chi connectivity index (χ0) is 20.1. The number of benzene rings is 3. The molecule has 0 bridgehead atoms. The predicted octanol–water partition coefficient (Wildman–Crippen LogP) is 6.52. The van der Waals surface area contributed by atoms with E-state index in [1.165, 1.54) is 0 Å². The van der Waals surface area contributed by atoms with Crippen molar-refractivity contribution in [1.29, 1.82) is 5.26 Å². The van der Waals surface area contributed by atoms with E-state index >= 15 is 0 Å². The highest BCUT2D eigenvalue weighted by Gasteiger charge is 2.17. The maximum atomic E-state index is 9.88. The number of hydrogen-bond donors (Lipinski definition) is 0. The molecule has 0 atom stereocenters. The molecule has 4 aromatic rings. The predicted molar refractivity (Wildman–Crippen MR) is 116 cm³/mol. The molecule has 4 rings (SSSR count). The number of ether oxygens (including phenoxy) is 1. The first-order valence-electron chi connectivity index (χ1n) is 9.18. The maximum absolute atomic E-state index is 9.88. The van der Waals surface area contributed by atoms with E-state index in [-0.39, 0.29) is 0 Å². The van der Waals surface area contributed by atoms with Crippen LogP contribution in [0, 0.1) is 11.3 Å². The highest BCUT2D eigenvalue weighted by atomic mass is 35.5. The summed E-state index contributed by atoms with van der Waals surface area (Å²) in [4.78, 5) is 4.66. The van der Waals surface area contributed by atoms with Crippen molar-refractivity contribution in [2.24, 2.45) is 0 Å². The van der Waals surface area contributed by atoms with Crippen molar-refractivity contribution in [3.8, 4) is 34.3 Å². The van der Waals surface area contributed by atoms with Crippen LogP contribution in [0.25, 0.3) is 22.4 Å². The Bertz CT molecular complexity index is 1150. The molecule has 0 amide bonds. The van der Waals surface area contributed by atoms with Crippen LogP contribution < -0.4 is 4.74 Å². The maximum Gasteiger partial charge on any atom is 0.233 e. The molecule has 29 heavy (non-hydrogen) atoms. The van der Waals surface area contributed by atoms with Crippen molar-refractivity contribution in [1.82, 2.24) is 4.98 Å². The lowest BCUT2D eigenvalue weighted by Gasteiger charge is -2.14. The molecular formula is C25H17ClN2O. The van der Waals surface area contributed by atoms with E-state index in [1.807, 2.05) is 91.0 Å². The highest BCUT2D eigenvalue weighted by molar-refractivity contribution is 6.30. The Morgan fingerprint density at radius 2 is 1.48 bits per heavy atom. The Balaban J connectivity index is 1.82. The van der Waals surface area contributed by atoms with Gasteiger partial charge in [0.15, 0.2) is 0 Å². The van der Waals surface area contributed by atoms with Crippen LogP contribution >= 0.6 is 11.6 Å². The van der Waals surface area contributed by atoms with Gasteiger partial charge in [-0.05, 0) is 29.3 Å². The van der Waals surface area contributed by atoms with Crippen molar-refractivity contribution in [2.45, 2.75) is 6.61 Å². The molecule has 0 aliphatic carbocycles. The molecule has 4 heteroatoms. The fraction of sp³-hybridized carbons (Fsp3) is 0.0400. The number of nitrogens with zero attached hydrogens (tertiary/aromatic N) is 2. The molecule has 0 N–H and O–H groups in total. The zero-order valence-electron chi connectivity index (χ0n) is 15.5. The van der Waals surface area contributed by atoms with Gasteiger partial charge in [-0.1, -0.05) is 84.4 Å². The first-order chi connectivity index (χ1) is 14.2. The summed E-state index contributed by atoms with van der Waals surface area (Å²) in [6, 6.07) is 31.3. The Morgan fingerprint density at radius 3 is 2.14 bits per heavy atom. The van der Waals surface area contributed by atoms with Crippen LogP contribution in [0.3, 0.4) is 0 Å².